The average molecular weight is 199 g/mol. The zero-order chi connectivity index (χ0) is 10.4. The van der Waals surface area contributed by atoms with Crippen molar-refractivity contribution in [2.75, 3.05) is 26.2 Å². The van der Waals surface area contributed by atoms with Gasteiger partial charge in [0.1, 0.15) is 0 Å². The van der Waals surface area contributed by atoms with Crippen LogP contribution >= 0.6 is 0 Å². The number of aliphatic imine (C=N–C) groups is 1. The van der Waals surface area contributed by atoms with Gasteiger partial charge >= 0.3 is 0 Å². The summed E-state index contributed by atoms with van der Waals surface area (Å²) in [6.07, 6.45) is 2.54. The van der Waals surface area contributed by atoms with E-state index in [1.807, 2.05) is 0 Å². The molecule has 5 nitrogen and oxygen atoms in total. The Labute approximate surface area is 85.5 Å². The first-order chi connectivity index (χ1) is 6.68. The van der Waals surface area contributed by atoms with Crippen LogP contribution in [0, 0.1) is 5.92 Å². The Kier molecular flexibility index (Phi) is 4.69. The molecule has 0 aromatic carbocycles. The van der Waals surface area contributed by atoms with Gasteiger partial charge in [0.15, 0.2) is 5.96 Å². The maximum absolute atomic E-state index is 5.25. The van der Waals surface area contributed by atoms with Crippen LogP contribution in [-0.2, 0) is 0 Å². The lowest BCUT2D eigenvalue weighted by atomic mass is 10.1. The molecule has 1 heterocycles. The van der Waals surface area contributed by atoms with Crippen LogP contribution in [0.15, 0.2) is 4.99 Å². The second-order valence-corrected chi connectivity index (χ2v) is 3.90. The minimum atomic E-state index is 0.174. The fourth-order valence-electron chi connectivity index (χ4n) is 1.59. The van der Waals surface area contributed by atoms with Gasteiger partial charge in [0, 0.05) is 19.6 Å². The van der Waals surface area contributed by atoms with Crippen molar-refractivity contribution in [3.63, 3.8) is 0 Å². The molecule has 1 fully saturated rings. The van der Waals surface area contributed by atoms with E-state index in [1.165, 1.54) is 12.8 Å². The lowest BCUT2D eigenvalue weighted by Crippen LogP contribution is -2.40. The highest BCUT2D eigenvalue weighted by molar-refractivity contribution is 5.75. The highest BCUT2D eigenvalue weighted by Crippen LogP contribution is 2.08. The maximum atomic E-state index is 5.25. The van der Waals surface area contributed by atoms with Crippen molar-refractivity contribution < 1.29 is 0 Å². The van der Waals surface area contributed by atoms with Gasteiger partial charge in [0.05, 0.1) is 6.54 Å². The zero-order valence-corrected chi connectivity index (χ0v) is 8.87. The van der Waals surface area contributed by atoms with Gasteiger partial charge in [-0.3, -0.25) is 10.4 Å². The second kappa shape index (κ2) is 5.82. The zero-order valence-electron chi connectivity index (χ0n) is 8.87. The quantitative estimate of drug-likeness (QED) is 0.423. The molecule has 0 saturated carbocycles. The molecule has 1 atom stereocenters. The van der Waals surface area contributed by atoms with E-state index in [0.29, 0.717) is 6.54 Å². The molecule has 1 rings (SSSR count). The lowest BCUT2D eigenvalue weighted by molar-refractivity contribution is 0.203. The van der Waals surface area contributed by atoms with E-state index in [2.05, 4.69) is 22.4 Å². The van der Waals surface area contributed by atoms with Crippen molar-refractivity contribution in [1.29, 1.82) is 0 Å². The summed E-state index contributed by atoms with van der Waals surface area (Å²) >= 11 is 0. The third kappa shape index (κ3) is 4.43. The molecule has 0 bridgehead atoms. The van der Waals surface area contributed by atoms with Crippen LogP contribution in [0.4, 0.5) is 0 Å². The van der Waals surface area contributed by atoms with Gasteiger partial charge < -0.3 is 11.5 Å². The first kappa shape index (κ1) is 11.3. The summed E-state index contributed by atoms with van der Waals surface area (Å²) in [5, 5.41) is 2.20. The van der Waals surface area contributed by atoms with Crippen LogP contribution in [0.3, 0.4) is 0 Å². The summed E-state index contributed by atoms with van der Waals surface area (Å²) in [5.74, 6) is 0.941. The van der Waals surface area contributed by atoms with Crippen molar-refractivity contribution in [3.8, 4) is 0 Å². The predicted octanol–water partition coefficient (Wildman–Crippen LogP) is -0.504. The number of rotatable bonds is 3. The summed E-state index contributed by atoms with van der Waals surface area (Å²) in [4.78, 5) is 3.96. The molecular formula is C9H21N5. The van der Waals surface area contributed by atoms with Crippen molar-refractivity contribution in [1.82, 2.24) is 10.4 Å². The van der Waals surface area contributed by atoms with Crippen LogP contribution in [0.25, 0.3) is 0 Å². The fraction of sp³-hybridized carbons (Fsp3) is 0.889. The summed E-state index contributed by atoms with van der Waals surface area (Å²) in [6.45, 7) is 5.97. The van der Waals surface area contributed by atoms with E-state index in [1.54, 1.807) is 0 Å². The van der Waals surface area contributed by atoms with Crippen molar-refractivity contribution in [2.45, 2.75) is 19.8 Å². The van der Waals surface area contributed by atoms with E-state index in [9.17, 15) is 0 Å². The summed E-state index contributed by atoms with van der Waals surface area (Å²) in [7, 11) is 0. The molecule has 0 amide bonds. The smallest absolute Gasteiger partial charge is 0.185 e. The number of hydrogen-bond acceptors (Lipinski definition) is 3. The van der Waals surface area contributed by atoms with E-state index >= 15 is 0 Å². The topological polar surface area (TPSA) is 79.7 Å². The number of hydrazine groups is 1. The Bertz CT molecular complexity index is 188. The maximum Gasteiger partial charge on any atom is 0.185 e. The lowest BCUT2D eigenvalue weighted by Gasteiger charge is -2.19. The van der Waals surface area contributed by atoms with Crippen LogP contribution in [-0.4, -0.2) is 37.1 Å². The second-order valence-electron chi connectivity index (χ2n) is 3.90. The Morgan fingerprint density at radius 1 is 1.57 bits per heavy atom. The molecule has 1 unspecified atom stereocenters. The van der Waals surface area contributed by atoms with E-state index < -0.39 is 0 Å². The molecule has 0 aromatic heterocycles. The van der Waals surface area contributed by atoms with Crippen LogP contribution in [0.2, 0.25) is 0 Å². The monoisotopic (exact) mass is 199 g/mol. The molecule has 5 N–H and O–H groups in total. The largest absolute Gasteiger partial charge is 0.370 e. The molecule has 14 heavy (non-hydrogen) atoms. The number of nitrogens with zero attached hydrogens (tertiary/aromatic N) is 2. The van der Waals surface area contributed by atoms with Crippen molar-refractivity contribution in [3.05, 3.63) is 0 Å². The van der Waals surface area contributed by atoms with Gasteiger partial charge in [0.25, 0.3) is 0 Å². The van der Waals surface area contributed by atoms with Crippen LogP contribution in [0.1, 0.15) is 19.8 Å². The third-order valence-electron chi connectivity index (χ3n) is 2.45. The van der Waals surface area contributed by atoms with Crippen LogP contribution < -0.4 is 16.9 Å². The SMILES string of the molecule is CC1CCCN(CCN=C(N)N)NC1. The Balaban J connectivity index is 2.20. The number of guanidine groups is 1. The Morgan fingerprint density at radius 3 is 3.07 bits per heavy atom. The van der Waals surface area contributed by atoms with Crippen molar-refractivity contribution in [2.24, 2.45) is 22.4 Å². The normalized spacial score (nSPS) is 24.2. The summed E-state index contributed by atoms with van der Waals surface area (Å²) in [5.41, 5.74) is 13.9. The van der Waals surface area contributed by atoms with Crippen molar-refractivity contribution >= 4 is 5.96 Å². The number of hydrogen-bond donors (Lipinski definition) is 3. The molecule has 82 valence electrons. The summed E-state index contributed by atoms with van der Waals surface area (Å²) in [6, 6.07) is 0. The van der Waals surface area contributed by atoms with Gasteiger partial charge in [-0.05, 0) is 18.8 Å². The first-order valence-electron chi connectivity index (χ1n) is 5.22. The van der Waals surface area contributed by atoms with Gasteiger partial charge in [-0.25, -0.2) is 5.01 Å². The molecule has 0 spiro atoms. The Hall–Kier alpha value is -0.810. The van der Waals surface area contributed by atoms with E-state index in [4.69, 9.17) is 11.5 Å². The number of nitrogens with one attached hydrogen (secondary N) is 1. The van der Waals surface area contributed by atoms with Gasteiger partial charge in [0.2, 0.25) is 0 Å². The van der Waals surface area contributed by atoms with Gasteiger partial charge in [-0.1, -0.05) is 6.92 Å². The first-order valence-corrected chi connectivity index (χ1v) is 5.22. The molecular weight excluding hydrogens is 178 g/mol. The van der Waals surface area contributed by atoms with E-state index in [-0.39, 0.29) is 5.96 Å². The van der Waals surface area contributed by atoms with Gasteiger partial charge in [-0.2, -0.15) is 0 Å². The molecule has 0 aromatic rings. The molecule has 1 aliphatic heterocycles. The molecule has 1 saturated heterocycles. The van der Waals surface area contributed by atoms with Crippen LogP contribution in [0.5, 0.6) is 0 Å². The minimum Gasteiger partial charge on any atom is -0.370 e. The molecule has 0 aliphatic carbocycles. The fourth-order valence-corrected chi connectivity index (χ4v) is 1.59. The average Bonchev–Trinajstić information content (AvgIpc) is 2.30. The third-order valence-corrected chi connectivity index (χ3v) is 2.45. The number of nitrogens with two attached hydrogens (primary N) is 2. The standard InChI is InChI=1S/C9H21N5/c1-8-3-2-5-14(13-7-8)6-4-12-9(10)11/h8,13H,2-7H2,1H3,(H4,10,11,12). The van der Waals surface area contributed by atoms with E-state index in [0.717, 1.165) is 25.6 Å². The highest BCUT2D eigenvalue weighted by Gasteiger charge is 2.11. The molecule has 5 heteroatoms. The highest BCUT2D eigenvalue weighted by atomic mass is 15.5. The Morgan fingerprint density at radius 2 is 2.36 bits per heavy atom. The van der Waals surface area contributed by atoms with Gasteiger partial charge in [-0.15, -0.1) is 0 Å². The minimum absolute atomic E-state index is 0.174. The predicted molar refractivity (Wildman–Crippen MR) is 58.7 cm³/mol. The summed E-state index contributed by atoms with van der Waals surface area (Å²) < 4.78 is 0. The molecule has 0 radical (unpaired) electrons. The molecule has 1 aliphatic rings.